The lowest BCUT2D eigenvalue weighted by Gasteiger charge is -2.31. The second-order valence-corrected chi connectivity index (χ2v) is 17.8. The third kappa shape index (κ3) is 8.08. The number of methoxy groups -OCH3 is 1. The summed E-state index contributed by atoms with van der Waals surface area (Å²) < 4.78 is 18.0. The van der Waals surface area contributed by atoms with Gasteiger partial charge >= 0.3 is 5.69 Å². The normalized spacial score (nSPS) is 17.5. The molecule has 0 aliphatic carbocycles. The van der Waals surface area contributed by atoms with Gasteiger partial charge in [-0.15, -0.1) is 0 Å². The van der Waals surface area contributed by atoms with E-state index in [4.69, 9.17) is 37.7 Å². The van der Waals surface area contributed by atoms with Crippen LogP contribution in [0, 0.1) is 11.8 Å². The molecule has 0 bridgehead atoms. The van der Waals surface area contributed by atoms with Gasteiger partial charge in [0.05, 0.1) is 51.7 Å². The molecule has 7 heterocycles. The van der Waals surface area contributed by atoms with Crippen LogP contribution in [-0.4, -0.2) is 89.7 Å². The Bertz CT molecular complexity index is 3210. The predicted molar refractivity (Wildman–Crippen MR) is 250 cm³/mol. The molecule has 1 N–H and O–H groups in total. The number of benzene rings is 2. The molecule has 6 aromatic rings. The molecule has 0 saturated carbocycles. The van der Waals surface area contributed by atoms with Gasteiger partial charge in [-0.25, -0.2) is 14.8 Å². The van der Waals surface area contributed by atoms with Crippen molar-refractivity contribution >= 4 is 63.6 Å². The number of rotatable bonds is 9. The first-order chi connectivity index (χ1) is 32.2. The van der Waals surface area contributed by atoms with E-state index in [1.807, 2.05) is 18.4 Å². The third-order valence-corrected chi connectivity index (χ3v) is 12.9. The van der Waals surface area contributed by atoms with E-state index in [0.29, 0.717) is 75.8 Å². The molecule has 0 spiro atoms. The third-order valence-electron chi connectivity index (χ3n) is 12.5. The minimum absolute atomic E-state index is 0.0900. The van der Waals surface area contributed by atoms with Crippen molar-refractivity contribution in [3.05, 3.63) is 126 Å². The minimum atomic E-state index is -0.800. The highest BCUT2D eigenvalue weighted by atomic mass is 35.5. The summed E-state index contributed by atoms with van der Waals surface area (Å²) in [4.78, 5) is 92.6. The van der Waals surface area contributed by atoms with Crippen molar-refractivity contribution < 1.29 is 28.7 Å². The highest BCUT2D eigenvalue weighted by molar-refractivity contribution is 6.31. The number of ether oxygens (including phenoxy) is 2. The van der Waals surface area contributed by atoms with Crippen LogP contribution in [0.5, 0.6) is 5.88 Å². The summed E-state index contributed by atoms with van der Waals surface area (Å²) >= 11 is 12.7. The summed E-state index contributed by atoms with van der Waals surface area (Å²) in [6.07, 6.45) is 4.29. The number of hydrogen-bond acceptors (Lipinski definition) is 10. The number of carbonyl (C=O) groups is 4. The van der Waals surface area contributed by atoms with Gasteiger partial charge in [-0.3, -0.25) is 43.3 Å². The fourth-order valence-electron chi connectivity index (χ4n) is 9.32. The lowest BCUT2D eigenvalue weighted by Crippen LogP contribution is -2.44. The number of pyridine rings is 2. The average molecular weight is 947 g/mol. The maximum absolute atomic E-state index is 14.6. The highest BCUT2D eigenvalue weighted by Crippen LogP contribution is 2.45. The molecule has 3 aliphatic heterocycles. The number of para-hydroxylation sites is 1. The van der Waals surface area contributed by atoms with Crippen LogP contribution in [0.25, 0.3) is 22.4 Å². The van der Waals surface area contributed by atoms with Crippen molar-refractivity contribution in [2.75, 3.05) is 31.7 Å². The minimum Gasteiger partial charge on any atom is -0.480 e. The first-order valence-electron chi connectivity index (χ1n) is 21.7. The number of fused-ring (bicyclic) bond motifs is 2. The molecular formula is C48H45Cl2N9O8. The van der Waals surface area contributed by atoms with Crippen LogP contribution in [0.4, 0.5) is 5.69 Å². The van der Waals surface area contributed by atoms with Gasteiger partial charge < -0.3 is 23.5 Å². The van der Waals surface area contributed by atoms with E-state index in [9.17, 15) is 28.8 Å². The first kappa shape index (κ1) is 45.2. The first-order valence-corrected chi connectivity index (χ1v) is 22.5. The van der Waals surface area contributed by atoms with Crippen LogP contribution in [-0.2, 0) is 28.4 Å². The van der Waals surface area contributed by atoms with Crippen molar-refractivity contribution in [2.45, 2.75) is 63.8 Å². The van der Waals surface area contributed by atoms with E-state index in [2.05, 4.69) is 22.1 Å². The maximum Gasteiger partial charge on any atom is 0.329 e. The Morgan fingerprint density at radius 2 is 1.72 bits per heavy atom. The molecular weight excluding hydrogens is 901 g/mol. The van der Waals surface area contributed by atoms with Crippen LogP contribution in [0.1, 0.15) is 95.3 Å². The van der Waals surface area contributed by atoms with Gasteiger partial charge in [0, 0.05) is 57.1 Å². The summed E-state index contributed by atoms with van der Waals surface area (Å²) in [5, 5.41) is 3.10. The number of anilines is 1. The smallest absolute Gasteiger partial charge is 0.329 e. The topological polar surface area (TPSA) is 185 Å². The van der Waals surface area contributed by atoms with Crippen LogP contribution in [0.3, 0.4) is 0 Å². The number of hydrogen-bond donors (Lipinski definition) is 1. The van der Waals surface area contributed by atoms with Crippen molar-refractivity contribution in [3.8, 4) is 29.1 Å². The number of carbonyl (C=O) groups excluding carboxylic acids is 4. The molecule has 3 aliphatic rings. The van der Waals surface area contributed by atoms with Crippen molar-refractivity contribution in [1.29, 1.82) is 0 Å². The van der Waals surface area contributed by atoms with Crippen molar-refractivity contribution in [1.82, 2.24) is 38.5 Å². The number of nitrogens with one attached hydrogen (secondary N) is 1. The van der Waals surface area contributed by atoms with Gasteiger partial charge in [-0.2, -0.15) is 0 Å². The molecule has 2 fully saturated rings. The average Bonchev–Trinajstić information content (AvgIpc) is 3.92. The van der Waals surface area contributed by atoms with E-state index in [1.165, 1.54) is 44.2 Å². The van der Waals surface area contributed by atoms with E-state index >= 15 is 0 Å². The van der Waals surface area contributed by atoms with Gasteiger partial charge in [0.15, 0.2) is 5.69 Å². The Morgan fingerprint density at radius 1 is 0.970 bits per heavy atom. The summed E-state index contributed by atoms with van der Waals surface area (Å²) in [5.74, 6) is 5.15. The van der Waals surface area contributed by atoms with Gasteiger partial charge in [0.1, 0.15) is 30.2 Å². The second kappa shape index (κ2) is 18.0. The molecule has 0 radical (unpaired) electrons. The standard InChI is InChI=1S/C48H45Cl2N9O8/c1-26(2)57-41-38(47(64)59(36-23-31(50)25-54(3)46(36)63)40(41)28-11-13-30(49)14-12-28)53-42(57)33-22-29(24-51-44(33)66-5)45(62)56-19-17-32(18-20-56)67-21-7-9-27-8-6-10-34-39(27)55(4)48(65)58(34)35-15-16-37(60)52-43(35)61/h6,8,10-14,22-26,32,35,40H,15-21H2,1-5H3,(H,52,60,61)/t35-,40+/m1/s1. The van der Waals surface area contributed by atoms with E-state index < -0.39 is 29.5 Å². The zero-order chi connectivity index (χ0) is 47.4. The lowest BCUT2D eigenvalue weighted by atomic mass is 10.0. The molecule has 4 amide bonds. The largest absolute Gasteiger partial charge is 0.480 e. The SMILES string of the molecule is COc1ncc(C(=O)N2CCC(OCC#Cc3cccc4c3n(C)c(=O)n4[C@@H]3CCC(=O)NC3=O)CC2)cc1-c1nc2c(n1C(C)C)[C@H](c1ccc(Cl)cc1)N(c1cc(Cl)cn(C)c1=O)C2=O. The van der Waals surface area contributed by atoms with Gasteiger partial charge in [-0.1, -0.05) is 53.2 Å². The van der Waals surface area contributed by atoms with Crippen LogP contribution in [0.15, 0.2) is 76.6 Å². The second-order valence-electron chi connectivity index (χ2n) is 17.0. The number of nitrogens with zero attached hydrogens (tertiary/aromatic N) is 8. The number of piperidine rings is 2. The highest BCUT2D eigenvalue weighted by Gasteiger charge is 2.46. The number of imidazole rings is 2. The molecule has 17 nitrogen and oxygen atoms in total. The van der Waals surface area contributed by atoms with Crippen LogP contribution < -0.4 is 26.2 Å². The lowest BCUT2D eigenvalue weighted by molar-refractivity contribution is -0.135. The number of likely N-dealkylation sites (tertiary alicyclic amines) is 1. The van der Waals surface area contributed by atoms with Crippen LogP contribution >= 0.6 is 23.2 Å². The Hall–Kier alpha value is -7.00. The van der Waals surface area contributed by atoms with Gasteiger partial charge in [-0.05, 0) is 75.1 Å². The summed E-state index contributed by atoms with van der Waals surface area (Å²) in [7, 11) is 4.67. The summed E-state index contributed by atoms with van der Waals surface area (Å²) in [6, 6.07) is 13.7. The molecule has 67 heavy (non-hydrogen) atoms. The number of amides is 4. The summed E-state index contributed by atoms with van der Waals surface area (Å²) in [6.45, 7) is 4.85. The molecule has 9 rings (SSSR count). The molecule has 2 saturated heterocycles. The molecule has 2 atom stereocenters. The summed E-state index contributed by atoms with van der Waals surface area (Å²) in [5.41, 5.74) is 3.09. The van der Waals surface area contributed by atoms with Crippen LogP contribution in [0.2, 0.25) is 10.0 Å². The Balaban J connectivity index is 0.933. The zero-order valence-electron chi connectivity index (χ0n) is 37.2. The van der Waals surface area contributed by atoms with E-state index in [-0.39, 0.29) is 71.4 Å². The maximum atomic E-state index is 14.6. The quantitative estimate of drug-likeness (QED) is 0.142. The Morgan fingerprint density at radius 3 is 2.42 bits per heavy atom. The van der Waals surface area contributed by atoms with Gasteiger partial charge in [0.25, 0.3) is 17.4 Å². The van der Waals surface area contributed by atoms with E-state index in [0.717, 1.165) is 0 Å². The van der Waals surface area contributed by atoms with Crippen molar-refractivity contribution in [3.63, 3.8) is 0 Å². The number of aryl methyl sites for hydroxylation is 2. The molecule has 19 heteroatoms. The zero-order valence-corrected chi connectivity index (χ0v) is 38.7. The fourth-order valence-corrected chi connectivity index (χ4v) is 9.69. The monoisotopic (exact) mass is 945 g/mol. The fraction of sp³-hybridized carbons (Fsp3) is 0.333. The number of imide groups is 1. The Labute approximate surface area is 393 Å². The predicted octanol–water partition coefficient (Wildman–Crippen LogP) is 5.59. The Kier molecular flexibility index (Phi) is 12.1. The van der Waals surface area contributed by atoms with E-state index in [1.54, 1.807) is 67.5 Å². The molecule has 344 valence electrons. The van der Waals surface area contributed by atoms with Crippen molar-refractivity contribution in [2.24, 2.45) is 14.1 Å². The molecule has 4 aromatic heterocycles. The number of aromatic nitrogens is 6. The molecule has 2 aromatic carbocycles. The van der Waals surface area contributed by atoms with Gasteiger partial charge in [0.2, 0.25) is 17.7 Å². The molecule has 0 unspecified atom stereocenters. The number of halogens is 2.